The van der Waals surface area contributed by atoms with E-state index in [2.05, 4.69) is 25.7 Å². The molecule has 160 valence electrons. The van der Waals surface area contributed by atoms with Crippen molar-refractivity contribution in [1.29, 1.82) is 0 Å². The van der Waals surface area contributed by atoms with Crippen molar-refractivity contribution >= 4 is 11.7 Å². The summed E-state index contributed by atoms with van der Waals surface area (Å²) in [5.41, 5.74) is 1.92. The maximum Gasteiger partial charge on any atom is 0.226 e. The molecule has 0 unspecified atom stereocenters. The van der Waals surface area contributed by atoms with Crippen LogP contribution in [0.5, 0.6) is 0 Å². The van der Waals surface area contributed by atoms with E-state index in [0.717, 1.165) is 60.0 Å². The van der Waals surface area contributed by atoms with Gasteiger partial charge >= 0.3 is 0 Å². The van der Waals surface area contributed by atoms with Crippen LogP contribution in [0.3, 0.4) is 0 Å². The first-order valence-corrected chi connectivity index (χ1v) is 11.3. The second kappa shape index (κ2) is 7.36. The van der Waals surface area contributed by atoms with Crippen molar-refractivity contribution in [3.05, 3.63) is 29.3 Å². The normalized spacial score (nSPS) is 29.2. The van der Waals surface area contributed by atoms with Crippen LogP contribution in [0.25, 0.3) is 5.82 Å². The van der Waals surface area contributed by atoms with E-state index >= 15 is 0 Å². The Morgan fingerprint density at radius 1 is 1.03 bits per heavy atom. The number of nitrogens with zero attached hydrogens (tertiary/aromatic N) is 4. The van der Waals surface area contributed by atoms with E-state index in [1.807, 2.05) is 37.6 Å². The molecule has 7 heteroatoms. The predicted molar refractivity (Wildman–Crippen MR) is 115 cm³/mol. The second-order valence-electron chi connectivity index (χ2n) is 9.88. The molecule has 4 aliphatic rings. The average molecular weight is 409 g/mol. The van der Waals surface area contributed by atoms with Gasteiger partial charge in [-0.15, -0.1) is 0 Å². The third-order valence-electron chi connectivity index (χ3n) is 7.29. The van der Waals surface area contributed by atoms with Crippen LogP contribution in [-0.2, 0) is 4.79 Å². The van der Waals surface area contributed by atoms with Crippen molar-refractivity contribution < 1.29 is 4.79 Å². The lowest BCUT2D eigenvalue weighted by Crippen LogP contribution is -2.54. The van der Waals surface area contributed by atoms with Gasteiger partial charge in [-0.05, 0) is 83.1 Å². The lowest BCUT2D eigenvalue weighted by molar-refractivity contribution is -0.146. The van der Waals surface area contributed by atoms with Crippen molar-refractivity contribution in [1.82, 2.24) is 25.1 Å². The molecule has 0 radical (unpaired) electrons. The summed E-state index contributed by atoms with van der Waals surface area (Å²) in [5, 5.41) is 11.1. The highest BCUT2D eigenvalue weighted by atomic mass is 16.2. The molecular weight excluding hydrogens is 376 g/mol. The largest absolute Gasteiger partial charge is 0.368 e. The molecule has 0 aliphatic heterocycles. The first-order chi connectivity index (χ1) is 14.4. The van der Waals surface area contributed by atoms with Crippen LogP contribution in [0.4, 0.5) is 5.82 Å². The number of anilines is 1. The molecule has 2 aromatic heterocycles. The number of rotatable bonds is 6. The molecule has 1 amide bonds. The highest BCUT2D eigenvalue weighted by Crippen LogP contribution is 2.60. The number of carbonyl (C=O) groups excluding carboxylic acids is 1. The smallest absolute Gasteiger partial charge is 0.226 e. The van der Waals surface area contributed by atoms with Gasteiger partial charge in [0, 0.05) is 30.3 Å². The Morgan fingerprint density at radius 3 is 2.30 bits per heavy atom. The van der Waals surface area contributed by atoms with Gasteiger partial charge in [0.2, 0.25) is 5.91 Å². The summed E-state index contributed by atoms with van der Waals surface area (Å²) in [4.78, 5) is 22.1. The molecule has 4 bridgehead atoms. The predicted octanol–water partition coefficient (Wildman–Crippen LogP) is 3.33. The van der Waals surface area contributed by atoms with E-state index in [4.69, 9.17) is 0 Å². The van der Waals surface area contributed by atoms with E-state index in [0.29, 0.717) is 18.9 Å². The SMILES string of the molecule is Cc1cc(C)n(-c2cc(NCCNC(=O)C34CC5CC(CC(C5)C3)C4)nc(C)n2)n1. The molecule has 4 aliphatic carbocycles. The Labute approximate surface area is 178 Å². The molecule has 0 aromatic carbocycles. The van der Waals surface area contributed by atoms with Gasteiger partial charge in [0.05, 0.1) is 5.69 Å². The Morgan fingerprint density at radius 2 is 1.70 bits per heavy atom. The molecule has 0 saturated heterocycles. The number of hydrogen-bond acceptors (Lipinski definition) is 5. The van der Waals surface area contributed by atoms with E-state index in [-0.39, 0.29) is 11.3 Å². The summed E-state index contributed by atoms with van der Waals surface area (Å²) < 4.78 is 1.84. The molecule has 7 nitrogen and oxygen atoms in total. The highest BCUT2D eigenvalue weighted by molar-refractivity contribution is 5.83. The molecule has 4 fully saturated rings. The summed E-state index contributed by atoms with van der Waals surface area (Å²) >= 11 is 0. The molecule has 0 spiro atoms. The fraction of sp³-hybridized carbons (Fsp3) is 0.652. The second-order valence-corrected chi connectivity index (χ2v) is 9.88. The van der Waals surface area contributed by atoms with Gasteiger partial charge in [-0.3, -0.25) is 4.79 Å². The van der Waals surface area contributed by atoms with Crippen molar-refractivity contribution in [2.24, 2.45) is 23.2 Å². The number of nitrogens with one attached hydrogen (secondary N) is 2. The maximum absolute atomic E-state index is 13.1. The fourth-order valence-corrected chi connectivity index (χ4v) is 6.55. The first-order valence-electron chi connectivity index (χ1n) is 11.3. The van der Waals surface area contributed by atoms with E-state index in [1.165, 1.54) is 19.3 Å². The van der Waals surface area contributed by atoms with Crippen LogP contribution in [0.1, 0.15) is 55.7 Å². The first kappa shape index (κ1) is 19.5. The number of aromatic nitrogens is 4. The van der Waals surface area contributed by atoms with Gasteiger partial charge < -0.3 is 10.6 Å². The quantitative estimate of drug-likeness (QED) is 0.716. The molecule has 30 heavy (non-hydrogen) atoms. The van der Waals surface area contributed by atoms with E-state index in [1.54, 1.807) is 0 Å². The molecule has 6 rings (SSSR count). The number of aryl methyl sites for hydroxylation is 3. The molecule has 2 aromatic rings. The highest BCUT2D eigenvalue weighted by Gasteiger charge is 2.54. The molecule has 2 heterocycles. The van der Waals surface area contributed by atoms with E-state index < -0.39 is 0 Å². The minimum Gasteiger partial charge on any atom is -0.368 e. The third kappa shape index (κ3) is 3.59. The summed E-state index contributed by atoms with van der Waals surface area (Å²) in [6.45, 7) is 7.13. The fourth-order valence-electron chi connectivity index (χ4n) is 6.55. The number of carbonyl (C=O) groups is 1. The van der Waals surface area contributed by atoms with Gasteiger partial charge in [0.15, 0.2) is 5.82 Å². The molecular formula is C23H32N6O. The Kier molecular flexibility index (Phi) is 4.79. The Bertz CT molecular complexity index is 929. The standard InChI is InChI=1S/C23H32N6O/c1-14-6-15(2)29(28-14)21-10-20(26-16(3)27-21)24-4-5-25-22(30)23-11-17-7-18(12-23)9-19(8-17)13-23/h6,10,17-19H,4-5,7-9,11-13H2,1-3H3,(H,25,30)(H,24,26,27). The van der Waals surface area contributed by atoms with Crippen LogP contribution >= 0.6 is 0 Å². The summed E-state index contributed by atoms with van der Waals surface area (Å²) in [5.74, 6) is 4.86. The van der Waals surface area contributed by atoms with Crippen LogP contribution < -0.4 is 10.6 Å². The van der Waals surface area contributed by atoms with Gasteiger partial charge in [-0.2, -0.15) is 5.10 Å². The molecule has 0 atom stereocenters. The number of amides is 1. The average Bonchev–Trinajstić information content (AvgIpc) is 3.02. The maximum atomic E-state index is 13.1. The van der Waals surface area contributed by atoms with E-state index in [9.17, 15) is 4.79 Å². The van der Waals surface area contributed by atoms with Crippen LogP contribution in [0, 0.1) is 43.9 Å². The number of hydrogen-bond donors (Lipinski definition) is 2. The van der Waals surface area contributed by atoms with Gasteiger partial charge in [0.1, 0.15) is 11.6 Å². The lowest BCUT2D eigenvalue weighted by atomic mass is 9.49. The van der Waals surface area contributed by atoms with Crippen molar-refractivity contribution in [3.8, 4) is 5.82 Å². The summed E-state index contributed by atoms with van der Waals surface area (Å²) in [7, 11) is 0. The van der Waals surface area contributed by atoms with Crippen molar-refractivity contribution in [2.75, 3.05) is 18.4 Å². The van der Waals surface area contributed by atoms with Crippen molar-refractivity contribution in [2.45, 2.75) is 59.3 Å². The zero-order valence-corrected chi connectivity index (χ0v) is 18.2. The Hall–Kier alpha value is -2.44. The molecule has 4 saturated carbocycles. The monoisotopic (exact) mass is 408 g/mol. The molecule has 2 N–H and O–H groups in total. The zero-order chi connectivity index (χ0) is 20.9. The lowest BCUT2D eigenvalue weighted by Gasteiger charge is -2.55. The summed E-state index contributed by atoms with van der Waals surface area (Å²) in [6.07, 6.45) is 7.40. The zero-order valence-electron chi connectivity index (χ0n) is 18.2. The van der Waals surface area contributed by atoms with Gasteiger partial charge in [0.25, 0.3) is 0 Å². The third-order valence-corrected chi connectivity index (χ3v) is 7.29. The minimum absolute atomic E-state index is 0.0805. The summed E-state index contributed by atoms with van der Waals surface area (Å²) in [6, 6.07) is 3.94. The van der Waals surface area contributed by atoms with Crippen LogP contribution in [0.15, 0.2) is 12.1 Å². The van der Waals surface area contributed by atoms with Crippen LogP contribution in [0.2, 0.25) is 0 Å². The van der Waals surface area contributed by atoms with Crippen LogP contribution in [-0.4, -0.2) is 38.7 Å². The Balaban J connectivity index is 1.19. The van der Waals surface area contributed by atoms with Crippen molar-refractivity contribution in [3.63, 3.8) is 0 Å². The van der Waals surface area contributed by atoms with Gasteiger partial charge in [-0.1, -0.05) is 0 Å². The topological polar surface area (TPSA) is 84.7 Å². The minimum atomic E-state index is -0.0805. The van der Waals surface area contributed by atoms with Gasteiger partial charge in [-0.25, -0.2) is 14.6 Å².